The van der Waals surface area contributed by atoms with E-state index in [-0.39, 0.29) is 12.1 Å². The van der Waals surface area contributed by atoms with Gasteiger partial charge in [-0.05, 0) is 43.5 Å². The van der Waals surface area contributed by atoms with Gasteiger partial charge < -0.3 is 9.15 Å². The van der Waals surface area contributed by atoms with E-state index in [1.165, 1.54) is 11.3 Å². The molecule has 3 unspecified atom stereocenters. The van der Waals surface area contributed by atoms with E-state index in [1.54, 1.807) is 24.7 Å². The Labute approximate surface area is 127 Å². The highest BCUT2D eigenvalue weighted by Gasteiger charge is 2.31. The molecule has 5 heteroatoms. The van der Waals surface area contributed by atoms with Crippen LogP contribution < -0.4 is 5.32 Å². The first-order valence-electron chi connectivity index (χ1n) is 6.85. The van der Waals surface area contributed by atoms with Gasteiger partial charge in [0, 0.05) is 18.0 Å². The summed E-state index contributed by atoms with van der Waals surface area (Å²) in [6.07, 6.45) is 5.44. The minimum Gasteiger partial charge on any atom is -0.467 e. The zero-order valence-electron chi connectivity index (χ0n) is 11.3. The molecule has 2 aromatic heterocycles. The maximum Gasteiger partial charge on any atom is 0.126 e. The first-order chi connectivity index (χ1) is 9.78. The molecule has 1 aliphatic rings. The number of hydrogen-bond donors (Lipinski definition) is 1. The number of methoxy groups -OCH3 is 1. The summed E-state index contributed by atoms with van der Waals surface area (Å²) in [7, 11) is 1.79. The fraction of sp³-hybridized carbons (Fsp3) is 0.467. The fourth-order valence-electron chi connectivity index (χ4n) is 2.86. The van der Waals surface area contributed by atoms with Gasteiger partial charge in [-0.3, -0.25) is 5.32 Å². The molecule has 1 aliphatic carbocycles. The largest absolute Gasteiger partial charge is 0.467 e. The molecule has 0 spiro atoms. The number of ether oxygens (including phenoxy) is 1. The van der Waals surface area contributed by atoms with Crippen molar-refractivity contribution < 1.29 is 9.15 Å². The number of rotatable bonds is 5. The molecule has 2 aromatic rings. The van der Waals surface area contributed by atoms with Crippen LogP contribution in [0.3, 0.4) is 0 Å². The van der Waals surface area contributed by atoms with Gasteiger partial charge in [0.1, 0.15) is 11.8 Å². The molecule has 1 N–H and O–H groups in total. The van der Waals surface area contributed by atoms with Gasteiger partial charge in [-0.15, -0.1) is 11.3 Å². The summed E-state index contributed by atoms with van der Waals surface area (Å²) in [5.74, 6) is 0.922. The number of nitrogens with one attached hydrogen (secondary N) is 1. The van der Waals surface area contributed by atoms with E-state index in [2.05, 4.69) is 11.4 Å². The second-order valence-corrected chi connectivity index (χ2v) is 6.82. The topological polar surface area (TPSA) is 34.4 Å². The summed E-state index contributed by atoms with van der Waals surface area (Å²) in [6.45, 7) is 0. The molecule has 0 aromatic carbocycles. The molecule has 108 valence electrons. The third-order valence-electron chi connectivity index (χ3n) is 3.84. The molecule has 0 saturated heterocycles. The smallest absolute Gasteiger partial charge is 0.126 e. The van der Waals surface area contributed by atoms with E-state index in [4.69, 9.17) is 20.8 Å². The van der Waals surface area contributed by atoms with E-state index in [0.717, 1.165) is 22.9 Å². The quantitative estimate of drug-likeness (QED) is 0.897. The minimum atomic E-state index is 0.0447. The van der Waals surface area contributed by atoms with Crippen molar-refractivity contribution >= 4 is 22.9 Å². The van der Waals surface area contributed by atoms with Crippen LogP contribution in [0, 0.1) is 0 Å². The number of hydrogen-bond acceptors (Lipinski definition) is 4. The molecule has 0 bridgehead atoms. The molecule has 2 heterocycles. The van der Waals surface area contributed by atoms with Crippen LogP contribution in [-0.2, 0) is 4.74 Å². The monoisotopic (exact) mass is 311 g/mol. The Kier molecular flexibility index (Phi) is 4.46. The van der Waals surface area contributed by atoms with Crippen LogP contribution in [0.1, 0.15) is 35.9 Å². The summed E-state index contributed by atoms with van der Waals surface area (Å²) in [4.78, 5) is 1.17. The first kappa shape index (κ1) is 14.1. The van der Waals surface area contributed by atoms with E-state index >= 15 is 0 Å². The lowest BCUT2D eigenvalue weighted by Crippen LogP contribution is -2.39. The van der Waals surface area contributed by atoms with Gasteiger partial charge in [0.25, 0.3) is 0 Å². The fourth-order valence-corrected chi connectivity index (χ4v) is 3.99. The molecular weight excluding hydrogens is 294 g/mol. The highest BCUT2D eigenvalue weighted by Crippen LogP contribution is 2.33. The maximum absolute atomic E-state index is 6.07. The van der Waals surface area contributed by atoms with Crippen molar-refractivity contribution in [1.29, 1.82) is 0 Å². The summed E-state index contributed by atoms with van der Waals surface area (Å²) in [6, 6.07) is 8.31. The van der Waals surface area contributed by atoms with Gasteiger partial charge in [0.2, 0.25) is 0 Å². The van der Waals surface area contributed by atoms with Crippen molar-refractivity contribution in [3.8, 4) is 0 Å². The summed E-state index contributed by atoms with van der Waals surface area (Å²) >= 11 is 7.66. The number of halogens is 1. The van der Waals surface area contributed by atoms with E-state index in [1.807, 2.05) is 18.2 Å². The Bertz CT molecular complexity index is 540. The number of thiophene rings is 1. The van der Waals surface area contributed by atoms with Crippen LogP contribution in [0.2, 0.25) is 4.34 Å². The second-order valence-electron chi connectivity index (χ2n) is 5.07. The molecule has 0 amide bonds. The molecule has 20 heavy (non-hydrogen) atoms. The van der Waals surface area contributed by atoms with Crippen LogP contribution >= 0.6 is 22.9 Å². The third kappa shape index (κ3) is 2.93. The Balaban J connectivity index is 1.83. The molecular formula is C15H18ClNO2S. The summed E-state index contributed by atoms with van der Waals surface area (Å²) in [5.41, 5.74) is 0. The standard InChI is InChI=1S/C15H18ClNO2S/c1-18-11-5-2-4-10(11)17-15(12-6-3-9-19-12)13-7-8-14(16)20-13/h3,6-11,15,17H,2,4-5H2,1H3. The average molecular weight is 312 g/mol. The third-order valence-corrected chi connectivity index (χ3v) is 5.14. The van der Waals surface area contributed by atoms with Crippen molar-refractivity contribution in [2.45, 2.75) is 37.5 Å². The van der Waals surface area contributed by atoms with E-state index < -0.39 is 0 Å². The Morgan fingerprint density at radius 3 is 2.95 bits per heavy atom. The van der Waals surface area contributed by atoms with Gasteiger partial charge in [-0.25, -0.2) is 0 Å². The van der Waals surface area contributed by atoms with Crippen LogP contribution in [0.25, 0.3) is 0 Å². The average Bonchev–Trinajstić information content (AvgIpc) is 3.17. The predicted octanol–water partition coefficient (Wildman–Crippen LogP) is 4.24. The van der Waals surface area contributed by atoms with Crippen LogP contribution in [0.4, 0.5) is 0 Å². The van der Waals surface area contributed by atoms with Crippen molar-refractivity contribution in [3.63, 3.8) is 0 Å². The Morgan fingerprint density at radius 1 is 1.40 bits per heavy atom. The zero-order valence-corrected chi connectivity index (χ0v) is 12.9. The lowest BCUT2D eigenvalue weighted by Gasteiger charge is -2.24. The van der Waals surface area contributed by atoms with Gasteiger partial charge in [-0.2, -0.15) is 0 Å². The molecule has 1 saturated carbocycles. The van der Waals surface area contributed by atoms with Gasteiger partial charge in [-0.1, -0.05) is 11.6 Å². The Hall–Kier alpha value is -0.810. The predicted molar refractivity (Wildman–Crippen MR) is 81.5 cm³/mol. The molecule has 3 rings (SSSR count). The normalized spacial score (nSPS) is 24.1. The first-order valence-corrected chi connectivity index (χ1v) is 8.05. The lowest BCUT2D eigenvalue weighted by atomic mass is 10.1. The SMILES string of the molecule is COC1CCCC1NC(c1ccco1)c1ccc(Cl)s1. The van der Waals surface area contributed by atoms with Gasteiger partial charge in [0.05, 0.1) is 16.7 Å². The zero-order chi connectivity index (χ0) is 13.9. The van der Waals surface area contributed by atoms with E-state index in [0.29, 0.717) is 6.04 Å². The molecule has 3 atom stereocenters. The van der Waals surface area contributed by atoms with Crippen LogP contribution in [0.5, 0.6) is 0 Å². The molecule has 0 aliphatic heterocycles. The highest BCUT2D eigenvalue weighted by atomic mass is 35.5. The van der Waals surface area contributed by atoms with Gasteiger partial charge >= 0.3 is 0 Å². The summed E-state index contributed by atoms with van der Waals surface area (Å²) in [5, 5.41) is 3.68. The lowest BCUT2D eigenvalue weighted by molar-refractivity contribution is 0.0820. The Morgan fingerprint density at radius 2 is 2.30 bits per heavy atom. The van der Waals surface area contributed by atoms with Gasteiger partial charge in [0.15, 0.2) is 0 Å². The van der Waals surface area contributed by atoms with Crippen molar-refractivity contribution in [3.05, 3.63) is 45.5 Å². The van der Waals surface area contributed by atoms with Crippen LogP contribution in [0.15, 0.2) is 34.9 Å². The summed E-state index contributed by atoms with van der Waals surface area (Å²) < 4.78 is 12.0. The maximum atomic E-state index is 6.07. The molecule has 0 radical (unpaired) electrons. The van der Waals surface area contributed by atoms with Crippen molar-refractivity contribution in [2.24, 2.45) is 0 Å². The molecule has 1 fully saturated rings. The van der Waals surface area contributed by atoms with Crippen LogP contribution in [-0.4, -0.2) is 19.3 Å². The highest BCUT2D eigenvalue weighted by molar-refractivity contribution is 7.16. The minimum absolute atomic E-state index is 0.0447. The van der Waals surface area contributed by atoms with Crippen molar-refractivity contribution in [1.82, 2.24) is 5.32 Å². The van der Waals surface area contributed by atoms with E-state index in [9.17, 15) is 0 Å². The second kappa shape index (κ2) is 6.31. The molecule has 3 nitrogen and oxygen atoms in total. The van der Waals surface area contributed by atoms with Crippen molar-refractivity contribution in [2.75, 3.05) is 7.11 Å². The number of furan rings is 1.